The van der Waals surface area contributed by atoms with Crippen LogP contribution in [0, 0.1) is 23.2 Å². The summed E-state index contributed by atoms with van der Waals surface area (Å²) in [6, 6.07) is 22.8. The molecule has 6 atom stereocenters. The zero-order valence-corrected chi connectivity index (χ0v) is 29.5. The lowest BCUT2D eigenvalue weighted by Gasteiger charge is -2.64. The van der Waals surface area contributed by atoms with E-state index in [-0.39, 0.29) is 23.9 Å². The lowest BCUT2D eigenvalue weighted by molar-refractivity contribution is -0.199. The van der Waals surface area contributed by atoms with Crippen molar-refractivity contribution in [3.8, 4) is 16.9 Å². The average Bonchev–Trinajstić information content (AvgIpc) is 3.66. The van der Waals surface area contributed by atoms with Crippen molar-refractivity contribution in [2.45, 2.75) is 90.0 Å². The Labute approximate surface area is 289 Å². The van der Waals surface area contributed by atoms with Crippen LogP contribution in [0.4, 0.5) is 0 Å². The monoisotopic (exact) mass is 669 g/mol. The average molecular weight is 670 g/mol. The first kappa shape index (κ1) is 33.2. The number of hydrogen-bond acceptors (Lipinski definition) is 7. The number of halogens is 1. The van der Waals surface area contributed by atoms with E-state index < -0.39 is 30.3 Å². The van der Waals surface area contributed by atoms with Crippen LogP contribution in [-0.2, 0) is 30.1 Å². The summed E-state index contributed by atoms with van der Waals surface area (Å²) in [6.45, 7) is 11.1. The Morgan fingerprint density at radius 3 is 2.52 bits per heavy atom. The van der Waals surface area contributed by atoms with Gasteiger partial charge in [-0.15, -0.1) is 0 Å². The third-order valence-electron chi connectivity index (χ3n) is 11.4. The summed E-state index contributed by atoms with van der Waals surface area (Å²) in [5.74, 6) is 1.55. The van der Waals surface area contributed by atoms with E-state index in [0.717, 1.165) is 35.1 Å². The molecule has 2 aliphatic heterocycles. The van der Waals surface area contributed by atoms with Gasteiger partial charge in [-0.3, -0.25) is 0 Å². The van der Waals surface area contributed by atoms with Gasteiger partial charge in [0.2, 0.25) is 5.60 Å². The predicted molar refractivity (Wildman–Crippen MR) is 188 cm³/mol. The van der Waals surface area contributed by atoms with E-state index in [2.05, 4.69) is 39.8 Å². The lowest BCUT2D eigenvalue weighted by atomic mass is 9.43. The summed E-state index contributed by atoms with van der Waals surface area (Å²) in [5, 5.41) is 5.15. The van der Waals surface area contributed by atoms with Crippen LogP contribution >= 0.6 is 11.6 Å². The maximum Gasteiger partial charge on any atom is 0.501 e. The molecule has 1 unspecified atom stereocenters. The quantitative estimate of drug-likeness (QED) is 0.160. The van der Waals surface area contributed by atoms with Gasteiger partial charge in [0.1, 0.15) is 11.8 Å². The summed E-state index contributed by atoms with van der Waals surface area (Å²) in [6.07, 6.45) is 3.28. The first-order chi connectivity index (χ1) is 22.9. The molecule has 1 saturated heterocycles. The number of nitrogens with zero attached hydrogens (tertiary/aromatic N) is 1. The summed E-state index contributed by atoms with van der Waals surface area (Å²) >= 11 is 6.36. The van der Waals surface area contributed by atoms with Crippen molar-refractivity contribution in [1.29, 1.82) is 0 Å². The molecule has 7 nitrogen and oxygen atoms in total. The normalized spacial score (nSPS) is 29.0. The highest BCUT2D eigenvalue weighted by Crippen LogP contribution is 2.66. The topological polar surface area (TPSA) is 75.6 Å². The molecule has 3 aromatic rings. The minimum absolute atomic E-state index is 0.00557. The van der Waals surface area contributed by atoms with Crippen molar-refractivity contribution in [3.63, 3.8) is 0 Å². The zero-order valence-electron chi connectivity index (χ0n) is 28.7. The molecule has 48 heavy (non-hydrogen) atoms. The van der Waals surface area contributed by atoms with Crippen LogP contribution in [0.1, 0.15) is 71.4 Å². The molecule has 8 rings (SSSR count). The fourth-order valence-electron chi connectivity index (χ4n) is 8.59. The molecule has 0 amide bonds. The second-order valence-corrected chi connectivity index (χ2v) is 15.7. The van der Waals surface area contributed by atoms with Gasteiger partial charge in [0.25, 0.3) is 0 Å². The van der Waals surface area contributed by atoms with Crippen LogP contribution in [0.15, 0.2) is 78.0 Å². The molecule has 2 heterocycles. The van der Waals surface area contributed by atoms with Gasteiger partial charge in [-0.1, -0.05) is 93.0 Å². The first-order valence-electron chi connectivity index (χ1n) is 17.2. The highest BCUT2D eigenvalue weighted by Gasteiger charge is 2.69. The molecule has 2 bridgehead atoms. The van der Waals surface area contributed by atoms with Crippen molar-refractivity contribution in [3.05, 3.63) is 88.9 Å². The van der Waals surface area contributed by atoms with E-state index in [1.165, 1.54) is 0 Å². The number of carbonyl (C=O) groups is 1. The van der Waals surface area contributed by atoms with Crippen LogP contribution in [0.5, 0.6) is 5.75 Å². The molecule has 0 spiro atoms. The minimum Gasteiger partial charge on any atom is -0.496 e. The van der Waals surface area contributed by atoms with Gasteiger partial charge in [0, 0.05) is 29.0 Å². The number of carbonyl (C=O) groups excluding carboxylic acids is 1. The summed E-state index contributed by atoms with van der Waals surface area (Å²) < 4.78 is 25.5. The maximum atomic E-state index is 14.5. The van der Waals surface area contributed by atoms with Gasteiger partial charge in [0.05, 0.1) is 24.5 Å². The fourth-order valence-corrected chi connectivity index (χ4v) is 8.76. The Hall–Kier alpha value is -3.33. The van der Waals surface area contributed by atoms with E-state index in [4.69, 9.17) is 35.2 Å². The number of esters is 1. The summed E-state index contributed by atoms with van der Waals surface area (Å²) in [7, 11) is 1.00. The van der Waals surface area contributed by atoms with Gasteiger partial charge in [-0.25, -0.2) is 4.79 Å². The second kappa shape index (κ2) is 12.5. The van der Waals surface area contributed by atoms with E-state index in [1.807, 2.05) is 66.7 Å². The van der Waals surface area contributed by atoms with Crippen LogP contribution in [-0.4, -0.2) is 49.2 Å². The van der Waals surface area contributed by atoms with Crippen molar-refractivity contribution in [2.24, 2.45) is 28.3 Å². The lowest BCUT2D eigenvalue weighted by Crippen LogP contribution is -2.65. The number of benzene rings is 3. The molecule has 9 heteroatoms. The predicted octanol–water partition coefficient (Wildman–Crippen LogP) is 8.35. The Kier molecular flexibility index (Phi) is 8.66. The molecule has 3 saturated carbocycles. The number of hydrogen-bond donors (Lipinski definition) is 0. The third kappa shape index (κ3) is 5.84. The van der Waals surface area contributed by atoms with E-state index in [0.29, 0.717) is 41.2 Å². The summed E-state index contributed by atoms with van der Waals surface area (Å²) in [4.78, 5) is 20.7. The first-order valence-corrected chi connectivity index (χ1v) is 17.6. The molecule has 3 aromatic carbocycles. The van der Waals surface area contributed by atoms with Crippen molar-refractivity contribution in [2.75, 3.05) is 7.11 Å². The van der Waals surface area contributed by atoms with E-state index in [9.17, 15) is 4.79 Å². The highest BCUT2D eigenvalue weighted by atomic mass is 35.5. The van der Waals surface area contributed by atoms with E-state index in [1.54, 1.807) is 13.2 Å². The molecule has 0 radical (unpaired) electrons. The minimum atomic E-state index is -1.35. The van der Waals surface area contributed by atoms with Crippen LogP contribution in [0.3, 0.4) is 0 Å². The van der Waals surface area contributed by atoms with Crippen molar-refractivity contribution in [1.82, 2.24) is 0 Å². The van der Waals surface area contributed by atoms with Crippen LogP contribution in [0.25, 0.3) is 11.1 Å². The number of oxime groups is 1. The highest BCUT2D eigenvalue weighted by molar-refractivity contribution is 6.47. The second-order valence-electron chi connectivity index (χ2n) is 15.3. The standard InChI is InChI=1S/C39H45BClNO6/c1-24(2)17-35(40-46-34-20-28-19-33(37(28,3)4)38(34,5)47-40)45-36(43)39(22-25-11-8-7-9-12-25)23-31(42-48-39)27-14-10-13-26(18-27)30-21-29(41)15-16-32(30)44-6/h7-16,18,21,24,28,33-35H,17,19-20,22-23H2,1-6H3/t28-,33-,34+,35-,38-,39?/m0/s1. The maximum absolute atomic E-state index is 14.5. The van der Waals surface area contributed by atoms with Crippen molar-refractivity contribution < 1.29 is 28.4 Å². The molecule has 5 aliphatic rings. The third-order valence-corrected chi connectivity index (χ3v) is 11.6. The fraction of sp³-hybridized carbons (Fsp3) is 0.487. The Bertz CT molecular complexity index is 1710. The number of methoxy groups -OCH3 is 1. The van der Waals surface area contributed by atoms with Gasteiger partial charge >= 0.3 is 13.1 Å². The molecule has 252 valence electrons. The smallest absolute Gasteiger partial charge is 0.496 e. The van der Waals surface area contributed by atoms with Gasteiger partial charge < -0.3 is 23.6 Å². The van der Waals surface area contributed by atoms with Gasteiger partial charge in [0.15, 0.2) is 0 Å². The van der Waals surface area contributed by atoms with Gasteiger partial charge in [-0.2, -0.15) is 0 Å². The van der Waals surface area contributed by atoms with E-state index >= 15 is 0 Å². The van der Waals surface area contributed by atoms with Crippen LogP contribution in [0.2, 0.25) is 5.02 Å². The SMILES string of the molecule is COc1ccc(Cl)cc1-c1cccc(C2=NOC(Cc3ccccc3)(C(=O)O[C@@H](CC(C)C)B3O[C@@H]4C[C@@H]5C[C@@H](C5(C)C)[C@]4(C)O3)C2)c1. The largest absolute Gasteiger partial charge is 0.501 e. The summed E-state index contributed by atoms with van der Waals surface area (Å²) in [5.41, 5.74) is 2.71. The van der Waals surface area contributed by atoms with Crippen LogP contribution < -0.4 is 4.74 Å². The molecular formula is C39H45BClNO6. The van der Waals surface area contributed by atoms with Gasteiger partial charge in [-0.05, 0) is 84.7 Å². The molecule has 4 fully saturated rings. The number of rotatable bonds is 10. The Morgan fingerprint density at radius 1 is 1.02 bits per heavy atom. The van der Waals surface area contributed by atoms with Crippen molar-refractivity contribution >= 4 is 30.4 Å². The molecule has 0 N–H and O–H groups in total. The Morgan fingerprint density at radius 2 is 1.79 bits per heavy atom. The zero-order chi connectivity index (χ0) is 33.8. The molecular weight excluding hydrogens is 625 g/mol. The molecule has 0 aromatic heterocycles. The number of ether oxygens (including phenoxy) is 2. The Balaban J connectivity index is 1.16. The molecule has 3 aliphatic carbocycles.